The van der Waals surface area contributed by atoms with E-state index in [1.54, 1.807) is 19.2 Å². The molecule has 5 amide bonds. The van der Waals surface area contributed by atoms with Crippen molar-refractivity contribution in [3.63, 3.8) is 0 Å². The maximum Gasteiger partial charge on any atom is 0.251 e. The van der Waals surface area contributed by atoms with Crippen LogP contribution in [0.25, 0.3) is 33.3 Å². The lowest BCUT2D eigenvalue weighted by atomic mass is 9.76. The maximum atomic E-state index is 15.0. The van der Waals surface area contributed by atoms with Gasteiger partial charge in [-0.2, -0.15) is 0 Å². The van der Waals surface area contributed by atoms with Crippen molar-refractivity contribution < 1.29 is 28.8 Å². The molecular formula is C64H76N8O6S2. The van der Waals surface area contributed by atoms with Gasteiger partial charge in [0.2, 0.25) is 17.7 Å². The minimum atomic E-state index is -0.667. The fourth-order valence-corrected chi connectivity index (χ4v) is 14.4. The molecule has 80 heavy (non-hydrogen) atoms. The predicted octanol–water partition coefficient (Wildman–Crippen LogP) is 11.1. The lowest BCUT2D eigenvalue weighted by molar-refractivity contribution is -0.141. The van der Waals surface area contributed by atoms with Crippen molar-refractivity contribution in [1.29, 1.82) is 0 Å². The fourth-order valence-electron chi connectivity index (χ4n) is 12.5. The van der Waals surface area contributed by atoms with Crippen LogP contribution in [0.3, 0.4) is 0 Å². The van der Waals surface area contributed by atoms with E-state index >= 15 is 4.79 Å². The highest BCUT2D eigenvalue weighted by atomic mass is 32.1. The van der Waals surface area contributed by atoms with E-state index in [2.05, 4.69) is 21.3 Å². The topological polar surface area (TPSA) is 183 Å². The van der Waals surface area contributed by atoms with Crippen LogP contribution in [0.4, 0.5) is 0 Å². The predicted molar refractivity (Wildman–Crippen MR) is 316 cm³/mol. The van der Waals surface area contributed by atoms with E-state index in [-0.39, 0.29) is 90.2 Å². The number of amides is 5. The zero-order valence-corrected chi connectivity index (χ0v) is 48.2. The zero-order chi connectivity index (χ0) is 55.9. The number of ketones is 1. The van der Waals surface area contributed by atoms with Gasteiger partial charge in [-0.1, -0.05) is 125 Å². The molecule has 0 radical (unpaired) electrons. The first-order valence-electron chi connectivity index (χ1n) is 29.1. The number of hydrogen-bond donors (Lipinski definition) is 4. The summed E-state index contributed by atoms with van der Waals surface area (Å²) in [6, 6.07) is 28.3. The molecule has 0 bridgehead atoms. The molecule has 2 saturated heterocycles. The van der Waals surface area contributed by atoms with Gasteiger partial charge in [0.25, 0.3) is 11.8 Å². The van der Waals surface area contributed by atoms with Crippen molar-refractivity contribution >= 4 is 68.8 Å². The molecule has 16 heteroatoms. The Morgan fingerprint density at radius 3 is 1.56 bits per heavy atom. The van der Waals surface area contributed by atoms with E-state index in [1.807, 2.05) is 126 Å². The molecule has 4 fully saturated rings. The molecule has 14 nitrogen and oxygen atoms in total. The van der Waals surface area contributed by atoms with Crippen molar-refractivity contribution in [2.75, 3.05) is 20.1 Å². The third-order valence-corrected chi connectivity index (χ3v) is 19.5. The molecule has 10 rings (SSSR count). The minimum absolute atomic E-state index is 0.0257. The number of thiazole rings is 2. The number of hydrogen-bond acceptors (Lipinski definition) is 11. The average molecular weight is 1120 g/mol. The third kappa shape index (κ3) is 12.9. The van der Waals surface area contributed by atoms with E-state index in [0.29, 0.717) is 36.9 Å². The lowest BCUT2D eigenvalue weighted by Gasteiger charge is -2.35. The van der Waals surface area contributed by atoms with Crippen molar-refractivity contribution in [2.24, 2.45) is 23.7 Å². The van der Waals surface area contributed by atoms with Crippen LogP contribution in [0, 0.1) is 23.7 Å². The van der Waals surface area contributed by atoms with Gasteiger partial charge >= 0.3 is 0 Å². The maximum absolute atomic E-state index is 15.0. The Morgan fingerprint density at radius 2 is 1.09 bits per heavy atom. The van der Waals surface area contributed by atoms with Crippen LogP contribution in [0.15, 0.2) is 108 Å². The van der Waals surface area contributed by atoms with E-state index in [4.69, 9.17) is 9.97 Å². The molecule has 420 valence electrons. The molecule has 6 aromatic rings. The summed E-state index contributed by atoms with van der Waals surface area (Å²) >= 11 is 3.03. The molecule has 2 saturated carbocycles. The number of nitrogens with one attached hydrogen (secondary N) is 4. The standard InChI is InChI=1S/C64H76N8O6S2/c1-5-39(2)58(74)70-57(44-24-16-9-17-25-44)64(78)72-36-50(33-55(72)62-69-53(38-80-62)43-22-14-8-15-23-43)67-60(76)48-29-27-45-30-47(28-26-46(45)31-48)59(75)66-49-32-54(61-68-52(37-79-61)42-20-12-7-13-21-42)71(35-49)63(77)51(34-56(73)40(3)65-4)41-18-10-6-11-19-41/h7-8,12-15,20-23,26-31,37-41,44,49-51,54-55,57,65H,5-6,9-11,16-19,24-25,32-36H2,1-4H3,(H,66,75)(H,67,76)(H,70,74)/t39-,40+,49+,50+,51+,54+,55+,57+/m1/s1. The first kappa shape index (κ1) is 56.6. The van der Waals surface area contributed by atoms with Gasteiger partial charge in [0.1, 0.15) is 21.8 Å². The Bertz CT molecular complexity index is 2940. The second-order valence-corrected chi connectivity index (χ2v) is 24.6. The van der Waals surface area contributed by atoms with E-state index in [0.717, 1.165) is 108 Å². The Hall–Kier alpha value is -6.62. The highest BCUT2D eigenvalue weighted by molar-refractivity contribution is 7.10. The summed E-state index contributed by atoms with van der Waals surface area (Å²) in [4.78, 5) is 99.4. The molecule has 2 aliphatic heterocycles. The quantitative estimate of drug-likeness (QED) is 0.0613. The smallest absolute Gasteiger partial charge is 0.251 e. The Morgan fingerprint density at radius 1 is 0.613 bits per heavy atom. The summed E-state index contributed by atoms with van der Waals surface area (Å²) in [6.45, 7) is 6.29. The second-order valence-electron chi connectivity index (χ2n) is 22.9. The van der Waals surface area contributed by atoms with Crippen LogP contribution < -0.4 is 21.3 Å². The minimum Gasteiger partial charge on any atom is -0.347 e. The summed E-state index contributed by atoms with van der Waals surface area (Å²) in [5, 5.41) is 20.0. The zero-order valence-electron chi connectivity index (χ0n) is 46.5. The van der Waals surface area contributed by atoms with Crippen LogP contribution in [0.1, 0.15) is 153 Å². The highest BCUT2D eigenvalue weighted by Crippen LogP contribution is 2.42. The number of carbonyl (C=O) groups excluding carboxylic acids is 6. The van der Waals surface area contributed by atoms with Crippen LogP contribution >= 0.6 is 22.7 Å². The first-order chi connectivity index (χ1) is 38.8. The summed E-state index contributed by atoms with van der Waals surface area (Å²) in [5.74, 6) is -1.35. The Labute approximate surface area is 478 Å². The first-order valence-corrected chi connectivity index (χ1v) is 30.9. The summed E-state index contributed by atoms with van der Waals surface area (Å²) < 4.78 is 0. The van der Waals surface area contributed by atoms with Gasteiger partial charge in [0.15, 0.2) is 0 Å². The number of likely N-dealkylation sites (N-methyl/N-ethyl adjacent to an activating group) is 1. The van der Waals surface area contributed by atoms with Gasteiger partial charge in [-0.05, 0) is 106 Å². The van der Waals surface area contributed by atoms with E-state index < -0.39 is 18.0 Å². The lowest BCUT2D eigenvalue weighted by Crippen LogP contribution is -2.54. The number of fused-ring (bicyclic) bond motifs is 1. The van der Waals surface area contributed by atoms with Gasteiger partial charge in [-0.3, -0.25) is 28.8 Å². The van der Waals surface area contributed by atoms with Gasteiger partial charge in [-0.25, -0.2) is 9.97 Å². The normalized spacial score (nSPS) is 21.4. The van der Waals surface area contributed by atoms with Crippen molar-refractivity contribution in [2.45, 2.75) is 147 Å². The number of aromatic nitrogens is 2. The molecule has 0 unspecified atom stereocenters. The summed E-state index contributed by atoms with van der Waals surface area (Å²) in [7, 11) is 1.77. The number of Topliss-reactive ketones (excluding diaryl/α,β-unsaturated/α-hetero) is 1. The number of likely N-dealkylation sites (tertiary alicyclic amines) is 2. The molecule has 0 spiro atoms. The molecule has 4 aliphatic rings. The van der Waals surface area contributed by atoms with Crippen molar-refractivity contribution in [1.82, 2.24) is 41.0 Å². The Kier molecular flexibility index (Phi) is 18.3. The largest absolute Gasteiger partial charge is 0.347 e. The third-order valence-electron chi connectivity index (χ3n) is 17.6. The van der Waals surface area contributed by atoms with E-state index in [9.17, 15) is 24.0 Å². The van der Waals surface area contributed by atoms with Crippen LogP contribution in [0.5, 0.6) is 0 Å². The Balaban J connectivity index is 0.850. The van der Waals surface area contributed by atoms with Crippen LogP contribution in [0.2, 0.25) is 0 Å². The van der Waals surface area contributed by atoms with Gasteiger partial charge in [0, 0.05) is 76.4 Å². The molecular weight excluding hydrogens is 1040 g/mol. The highest BCUT2D eigenvalue weighted by Gasteiger charge is 2.46. The number of nitrogens with zero attached hydrogens (tertiary/aromatic N) is 4. The van der Waals surface area contributed by atoms with Gasteiger partial charge < -0.3 is 31.1 Å². The van der Waals surface area contributed by atoms with Crippen molar-refractivity contribution in [3.8, 4) is 22.5 Å². The van der Waals surface area contributed by atoms with Crippen molar-refractivity contribution in [3.05, 3.63) is 129 Å². The number of rotatable bonds is 19. The van der Waals surface area contributed by atoms with Crippen LogP contribution in [-0.4, -0.2) is 99.4 Å². The van der Waals surface area contributed by atoms with Gasteiger partial charge in [0.05, 0.1) is 29.5 Å². The molecule has 8 atom stereocenters. The van der Waals surface area contributed by atoms with E-state index in [1.165, 1.54) is 22.7 Å². The second kappa shape index (κ2) is 25.9. The van der Waals surface area contributed by atoms with Crippen LogP contribution in [-0.2, 0) is 19.2 Å². The molecule has 4 N–H and O–H groups in total. The molecule has 4 heterocycles. The molecule has 2 aromatic heterocycles. The average Bonchev–Trinajstić information content (AvgIpc) is 4.54. The summed E-state index contributed by atoms with van der Waals surface area (Å²) in [6.07, 6.45) is 11.7. The van der Waals surface area contributed by atoms with Gasteiger partial charge in [-0.15, -0.1) is 22.7 Å². The molecule has 4 aromatic carbocycles. The monoisotopic (exact) mass is 1120 g/mol. The summed E-state index contributed by atoms with van der Waals surface area (Å²) in [5.41, 5.74) is 4.54. The SMILES string of the molecule is CC[C@@H](C)C(=O)N[C@H](C(=O)N1C[C@@H](NC(=O)c2ccc3cc(C(=O)N[C@H]4C[C@@H](c5nc(-c6ccccc6)cs5)N(C(=O)[C@@H](CC(=O)[C@H](C)NC)C5CCCCC5)C4)ccc3c2)C[C@H]1c1nc(-c2ccccc2)cs1)C1CCCCC1. The number of carbonyl (C=O) groups is 6. The molecule has 2 aliphatic carbocycles. The number of benzene rings is 4. The fraction of sp³-hybridized carbons (Fsp3) is 0.469.